The number of benzene rings is 1. The second-order valence-corrected chi connectivity index (χ2v) is 7.75. The summed E-state index contributed by atoms with van der Waals surface area (Å²) in [5.41, 5.74) is 1.85. The number of hydrogen-bond donors (Lipinski definition) is 0. The molecule has 1 rings (SSSR count). The van der Waals surface area contributed by atoms with Gasteiger partial charge in [0.15, 0.2) is 0 Å². The highest BCUT2D eigenvalue weighted by Crippen LogP contribution is 2.22. The van der Waals surface area contributed by atoms with E-state index in [4.69, 9.17) is 4.74 Å². The molecule has 0 aromatic heterocycles. The standard InChI is InChI=1S/C19H28O3/c1-18(2,3)15-9-7-14(8-10-15)13-16(20)11-12-17(21)22-19(4,5)6/h7-10H,11-13H2,1-6H3. The van der Waals surface area contributed by atoms with E-state index in [1.54, 1.807) is 0 Å². The van der Waals surface area contributed by atoms with Crippen molar-refractivity contribution in [1.82, 2.24) is 0 Å². The number of Topliss-reactive ketones (excluding diaryl/α,β-unsaturated/α-hetero) is 1. The number of ether oxygens (including phenoxy) is 1. The van der Waals surface area contributed by atoms with Crippen molar-refractivity contribution in [2.75, 3.05) is 0 Å². The molecule has 3 nitrogen and oxygen atoms in total. The number of carbonyl (C=O) groups is 2. The van der Waals surface area contributed by atoms with Crippen molar-refractivity contribution in [3.8, 4) is 0 Å². The smallest absolute Gasteiger partial charge is 0.306 e. The Bertz CT molecular complexity index is 513. The van der Waals surface area contributed by atoms with Crippen LogP contribution in [0.3, 0.4) is 0 Å². The molecule has 0 radical (unpaired) electrons. The first-order valence-corrected chi connectivity index (χ1v) is 7.80. The molecule has 0 bridgehead atoms. The zero-order chi connectivity index (χ0) is 17.0. The maximum absolute atomic E-state index is 12.0. The molecule has 0 heterocycles. The largest absolute Gasteiger partial charge is 0.460 e. The van der Waals surface area contributed by atoms with E-state index in [9.17, 15) is 9.59 Å². The van der Waals surface area contributed by atoms with Gasteiger partial charge in [0, 0.05) is 12.8 Å². The van der Waals surface area contributed by atoms with Crippen LogP contribution in [0.15, 0.2) is 24.3 Å². The molecule has 0 unspecified atom stereocenters. The summed E-state index contributed by atoms with van der Waals surface area (Å²) in [5.74, 6) is -0.252. The molecule has 0 spiro atoms. The Morgan fingerprint density at radius 3 is 1.91 bits per heavy atom. The fraction of sp³-hybridized carbons (Fsp3) is 0.579. The first kappa shape index (κ1) is 18.4. The Labute approximate surface area is 134 Å². The van der Waals surface area contributed by atoms with E-state index in [1.165, 1.54) is 5.56 Å². The predicted octanol–water partition coefficient (Wildman–Crippen LogP) is 4.22. The van der Waals surface area contributed by atoms with Gasteiger partial charge in [0.2, 0.25) is 0 Å². The minimum Gasteiger partial charge on any atom is -0.460 e. The molecule has 0 saturated carbocycles. The zero-order valence-electron chi connectivity index (χ0n) is 14.7. The summed E-state index contributed by atoms with van der Waals surface area (Å²) in [6, 6.07) is 8.12. The van der Waals surface area contributed by atoms with Crippen LogP contribution in [0, 0.1) is 0 Å². The molecule has 0 aliphatic carbocycles. The van der Waals surface area contributed by atoms with Crippen LogP contribution < -0.4 is 0 Å². The first-order chi connectivity index (χ1) is 9.97. The lowest BCUT2D eigenvalue weighted by Gasteiger charge is -2.19. The van der Waals surface area contributed by atoms with Crippen LogP contribution in [-0.4, -0.2) is 17.4 Å². The first-order valence-electron chi connectivity index (χ1n) is 7.80. The molecule has 0 atom stereocenters. The monoisotopic (exact) mass is 304 g/mol. The minimum absolute atomic E-state index is 0.0642. The third-order valence-corrected chi connectivity index (χ3v) is 3.25. The van der Waals surface area contributed by atoms with Gasteiger partial charge >= 0.3 is 5.97 Å². The molecular formula is C19H28O3. The van der Waals surface area contributed by atoms with Gasteiger partial charge in [-0.05, 0) is 37.3 Å². The molecule has 0 fully saturated rings. The summed E-state index contributed by atoms with van der Waals surface area (Å²) in [4.78, 5) is 23.6. The van der Waals surface area contributed by atoms with Crippen molar-refractivity contribution in [3.63, 3.8) is 0 Å². The van der Waals surface area contributed by atoms with Gasteiger partial charge in [0.05, 0.1) is 6.42 Å². The molecule has 22 heavy (non-hydrogen) atoms. The second kappa shape index (κ2) is 7.08. The predicted molar refractivity (Wildman–Crippen MR) is 88.9 cm³/mol. The van der Waals surface area contributed by atoms with E-state index >= 15 is 0 Å². The van der Waals surface area contributed by atoms with Crippen LogP contribution >= 0.6 is 0 Å². The van der Waals surface area contributed by atoms with Crippen LogP contribution in [-0.2, 0) is 26.2 Å². The average molecular weight is 304 g/mol. The van der Waals surface area contributed by atoms with E-state index in [0.29, 0.717) is 6.42 Å². The quantitative estimate of drug-likeness (QED) is 0.765. The lowest BCUT2D eigenvalue weighted by Crippen LogP contribution is -2.24. The van der Waals surface area contributed by atoms with E-state index in [1.807, 2.05) is 32.9 Å². The fourth-order valence-electron chi connectivity index (χ4n) is 2.07. The van der Waals surface area contributed by atoms with Gasteiger partial charge in [-0.3, -0.25) is 9.59 Å². The van der Waals surface area contributed by atoms with Crippen molar-refractivity contribution in [2.24, 2.45) is 0 Å². The van der Waals surface area contributed by atoms with Crippen LogP contribution in [0.2, 0.25) is 0 Å². The Hall–Kier alpha value is -1.64. The Balaban J connectivity index is 2.47. The molecule has 0 saturated heterocycles. The van der Waals surface area contributed by atoms with Crippen LogP contribution in [0.4, 0.5) is 0 Å². The number of hydrogen-bond acceptors (Lipinski definition) is 3. The van der Waals surface area contributed by atoms with Crippen LogP contribution in [0.1, 0.15) is 65.5 Å². The van der Waals surface area contributed by atoms with Gasteiger partial charge < -0.3 is 4.74 Å². The highest BCUT2D eigenvalue weighted by Gasteiger charge is 2.17. The number of carbonyl (C=O) groups excluding carboxylic acids is 2. The van der Waals surface area contributed by atoms with Crippen molar-refractivity contribution in [3.05, 3.63) is 35.4 Å². The zero-order valence-corrected chi connectivity index (χ0v) is 14.7. The summed E-state index contributed by atoms with van der Waals surface area (Å²) in [5, 5.41) is 0. The maximum atomic E-state index is 12.0. The van der Waals surface area contributed by atoms with E-state index < -0.39 is 5.60 Å². The average Bonchev–Trinajstić information content (AvgIpc) is 2.34. The molecule has 3 heteroatoms. The van der Waals surface area contributed by atoms with Crippen molar-refractivity contribution >= 4 is 11.8 Å². The number of rotatable bonds is 5. The second-order valence-electron chi connectivity index (χ2n) is 7.75. The van der Waals surface area contributed by atoms with Gasteiger partial charge in [-0.25, -0.2) is 0 Å². The molecule has 122 valence electrons. The van der Waals surface area contributed by atoms with Crippen LogP contribution in [0.5, 0.6) is 0 Å². The lowest BCUT2D eigenvalue weighted by atomic mass is 9.86. The van der Waals surface area contributed by atoms with Gasteiger partial charge in [-0.15, -0.1) is 0 Å². The van der Waals surface area contributed by atoms with Crippen molar-refractivity contribution < 1.29 is 14.3 Å². The molecule has 0 aliphatic rings. The maximum Gasteiger partial charge on any atom is 0.306 e. The van der Waals surface area contributed by atoms with Gasteiger partial charge in [0.25, 0.3) is 0 Å². The van der Waals surface area contributed by atoms with Crippen molar-refractivity contribution in [2.45, 2.75) is 71.8 Å². The SMILES string of the molecule is CC(C)(C)OC(=O)CCC(=O)Cc1ccc(C(C)(C)C)cc1. The fourth-order valence-corrected chi connectivity index (χ4v) is 2.07. The van der Waals surface area contributed by atoms with Gasteiger partial charge in [-0.1, -0.05) is 45.0 Å². The third kappa shape index (κ3) is 6.88. The van der Waals surface area contributed by atoms with E-state index in [2.05, 4.69) is 32.9 Å². The number of esters is 1. The topological polar surface area (TPSA) is 43.4 Å². The Morgan fingerprint density at radius 1 is 0.909 bits per heavy atom. The Kier molecular flexibility index (Phi) is 5.92. The lowest BCUT2D eigenvalue weighted by molar-refractivity contribution is -0.155. The molecule has 1 aromatic rings. The molecular weight excluding hydrogens is 276 g/mol. The molecule has 0 amide bonds. The van der Waals surface area contributed by atoms with Crippen LogP contribution in [0.25, 0.3) is 0 Å². The van der Waals surface area contributed by atoms with Gasteiger partial charge in [-0.2, -0.15) is 0 Å². The molecule has 0 aliphatic heterocycles. The molecule has 0 N–H and O–H groups in total. The summed E-state index contributed by atoms with van der Waals surface area (Å²) in [6.45, 7) is 12.0. The van der Waals surface area contributed by atoms with E-state index in [0.717, 1.165) is 5.56 Å². The molecule has 1 aromatic carbocycles. The normalized spacial score (nSPS) is 12.1. The third-order valence-electron chi connectivity index (χ3n) is 3.25. The van der Waals surface area contributed by atoms with E-state index in [-0.39, 0.29) is 30.0 Å². The Morgan fingerprint density at radius 2 is 1.45 bits per heavy atom. The van der Waals surface area contributed by atoms with Gasteiger partial charge in [0.1, 0.15) is 11.4 Å². The highest BCUT2D eigenvalue weighted by molar-refractivity contribution is 5.84. The summed E-state index contributed by atoms with van der Waals surface area (Å²) in [7, 11) is 0. The summed E-state index contributed by atoms with van der Waals surface area (Å²) < 4.78 is 5.20. The summed E-state index contributed by atoms with van der Waals surface area (Å²) in [6.07, 6.45) is 0.749. The summed E-state index contributed by atoms with van der Waals surface area (Å²) >= 11 is 0. The highest BCUT2D eigenvalue weighted by atomic mass is 16.6. The number of ketones is 1. The minimum atomic E-state index is -0.497. The van der Waals surface area contributed by atoms with Crippen molar-refractivity contribution in [1.29, 1.82) is 0 Å².